The quantitative estimate of drug-likeness (QED) is 0.408. The molecule has 0 aliphatic heterocycles. The Morgan fingerprint density at radius 2 is 1.75 bits per heavy atom. The maximum Gasteiger partial charge on any atom is 0.184 e. The highest BCUT2D eigenvalue weighted by Gasteiger charge is 2.63. The Hall–Kier alpha value is -0.873. The first-order valence-electron chi connectivity index (χ1n) is 11.2. The van der Waals surface area contributed by atoms with Gasteiger partial charge in [-0.2, -0.15) is 0 Å². The van der Waals surface area contributed by atoms with Crippen molar-refractivity contribution in [1.82, 2.24) is 0 Å². The lowest BCUT2D eigenvalue weighted by Crippen LogP contribution is -2.56. The van der Waals surface area contributed by atoms with Crippen molar-refractivity contribution in [2.45, 2.75) is 84.5 Å². The highest BCUT2D eigenvalue weighted by atomic mass is 28.4. The molecule has 0 N–H and O–H groups in total. The van der Waals surface area contributed by atoms with Gasteiger partial charge < -0.3 is 9.26 Å². The van der Waals surface area contributed by atoms with Gasteiger partial charge in [-0.15, -0.1) is 0 Å². The maximum absolute atomic E-state index is 6.89. The van der Waals surface area contributed by atoms with E-state index in [1.807, 2.05) is 0 Å². The molecule has 4 aliphatic carbocycles. The molecule has 0 amide bonds. The van der Waals surface area contributed by atoms with E-state index in [9.17, 15) is 0 Å². The van der Waals surface area contributed by atoms with Crippen LogP contribution < -0.4 is 0 Å². The third-order valence-corrected chi connectivity index (χ3v) is 9.89. The van der Waals surface area contributed by atoms with E-state index in [0.717, 1.165) is 23.5 Å². The average Bonchev–Trinajstić information content (AvgIpc) is 2.85. The van der Waals surface area contributed by atoms with Crippen molar-refractivity contribution in [3.05, 3.63) is 23.8 Å². The van der Waals surface area contributed by atoms with Gasteiger partial charge >= 0.3 is 0 Å². The van der Waals surface area contributed by atoms with Crippen LogP contribution in [0.4, 0.5) is 0 Å². The predicted molar refractivity (Wildman–Crippen MR) is 119 cm³/mol. The van der Waals surface area contributed by atoms with E-state index in [4.69, 9.17) is 9.26 Å². The Labute approximate surface area is 172 Å². The minimum Gasteiger partial charge on any atom is -0.412 e. The lowest BCUT2D eigenvalue weighted by Gasteiger charge is -2.59. The molecule has 3 fully saturated rings. The maximum atomic E-state index is 6.89. The molecule has 3 nitrogen and oxygen atoms in total. The minimum atomic E-state index is -1.57. The summed E-state index contributed by atoms with van der Waals surface area (Å²) in [7, 11) is 0.0653. The Balaban J connectivity index is 1.63. The van der Waals surface area contributed by atoms with E-state index in [0.29, 0.717) is 5.41 Å². The molecule has 28 heavy (non-hydrogen) atoms. The molecule has 3 saturated carbocycles. The molecule has 4 aliphatic rings. The van der Waals surface area contributed by atoms with Crippen LogP contribution >= 0.6 is 0 Å². The van der Waals surface area contributed by atoms with Crippen molar-refractivity contribution >= 4 is 14.0 Å². The van der Waals surface area contributed by atoms with Gasteiger partial charge in [-0.3, -0.25) is 0 Å². The number of hydrogen-bond acceptors (Lipinski definition) is 3. The van der Waals surface area contributed by atoms with Crippen LogP contribution in [-0.2, 0) is 9.26 Å². The molecule has 4 heteroatoms. The molecule has 0 saturated heterocycles. The van der Waals surface area contributed by atoms with E-state index < -0.39 is 8.32 Å². The predicted octanol–water partition coefficient (Wildman–Crippen LogP) is 6.34. The van der Waals surface area contributed by atoms with Crippen LogP contribution in [0.3, 0.4) is 0 Å². The highest BCUT2D eigenvalue weighted by molar-refractivity contribution is 6.69. The molecule has 0 unspecified atom stereocenters. The zero-order valence-corrected chi connectivity index (χ0v) is 20.0. The first-order valence-corrected chi connectivity index (χ1v) is 14.6. The summed E-state index contributed by atoms with van der Waals surface area (Å²) in [5.41, 5.74) is 3.11. The molecule has 0 aromatic heterocycles. The molecule has 0 bridgehead atoms. The van der Waals surface area contributed by atoms with Gasteiger partial charge in [0.1, 0.15) is 12.8 Å². The summed E-state index contributed by atoms with van der Waals surface area (Å²) in [6, 6.07) is 0. The number of hydrogen-bond donors (Lipinski definition) is 0. The molecule has 4 rings (SSSR count). The molecule has 0 spiro atoms. The topological polar surface area (TPSA) is 30.8 Å². The molecular weight excluding hydrogens is 362 g/mol. The Kier molecular flexibility index (Phi) is 4.78. The highest BCUT2D eigenvalue weighted by Crippen LogP contribution is 2.67. The summed E-state index contributed by atoms with van der Waals surface area (Å²) in [5, 5.41) is 4.17. The van der Waals surface area contributed by atoms with Gasteiger partial charge in [0.25, 0.3) is 0 Å². The van der Waals surface area contributed by atoms with E-state index in [1.54, 1.807) is 12.7 Å². The van der Waals surface area contributed by atoms with E-state index >= 15 is 0 Å². The molecule has 0 aromatic carbocycles. The lowest BCUT2D eigenvalue weighted by molar-refractivity contribution is -0.102. The summed E-state index contributed by atoms with van der Waals surface area (Å²) in [6.45, 7) is 14.5. The largest absolute Gasteiger partial charge is 0.412 e. The van der Waals surface area contributed by atoms with Crippen molar-refractivity contribution in [2.75, 3.05) is 7.11 Å². The summed E-state index contributed by atoms with van der Waals surface area (Å²) in [4.78, 5) is 5.01. The fourth-order valence-electron chi connectivity index (χ4n) is 7.44. The summed E-state index contributed by atoms with van der Waals surface area (Å²) in [5.74, 6) is 2.37. The fourth-order valence-corrected chi connectivity index (χ4v) is 9.13. The van der Waals surface area contributed by atoms with Crippen LogP contribution in [-0.4, -0.2) is 26.7 Å². The zero-order chi connectivity index (χ0) is 20.4. The normalized spacial score (nSPS) is 46.6. The zero-order valence-electron chi connectivity index (χ0n) is 19.0. The van der Waals surface area contributed by atoms with Crippen molar-refractivity contribution in [3.8, 4) is 0 Å². The smallest absolute Gasteiger partial charge is 0.184 e. The van der Waals surface area contributed by atoms with Gasteiger partial charge in [0.15, 0.2) is 8.32 Å². The molecule has 0 aromatic rings. The first kappa shape index (κ1) is 20.4. The molecular formula is C24H39NO2Si. The molecule has 6 atom stereocenters. The second-order valence-electron chi connectivity index (χ2n) is 11.3. The number of fused-ring (bicyclic) bond motifs is 5. The first-order chi connectivity index (χ1) is 13.0. The van der Waals surface area contributed by atoms with Crippen LogP contribution in [0.2, 0.25) is 19.6 Å². The fraction of sp³-hybridized carbons (Fsp3) is 0.792. The summed E-state index contributed by atoms with van der Waals surface area (Å²) >= 11 is 0. The molecule has 0 radical (unpaired) electrons. The number of allylic oxidation sites excluding steroid dienone is 4. The third-order valence-electron chi connectivity index (χ3n) is 8.83. The van der Waals surface area contributed by atoms with Gasteiger partial charge in [-0.05, 0) is 100 Å². The van der Waals surface area contributed by atoms with Crippen molar-refractivity contribution < 1.29 is 9.26 Å². The van der Waals surface area contributed by atoms with Crippen LogP contribution in [0.1, 0.15) is 59.3 Å². The van der Waals surface area contributed by atoms with Crippen LogP contribution in [0, 0.1) is 28.6 Å². The van der Waals surface area contributed by atoms with Gasteiger partial charge in [-0.1, -0.05) is 30.7 Å². The second kappa shape index (κ2) is 6.56. The van der Waals surface area contributed by atoms with Gasteiger partial charge in [0.2, 0.25) is 0 Å². The number of nitrogens with zero attached hydrogens (tertiary/aromatic N) is 1. The minimum absolute atomic E-state index is 0.0603. The van der Waals surface area contributed by atoms with Crippen LogP contribution in [0.15, 0.2) is 29.0 Å². The summed E-state index contributed by atoms with van der Waals surface area (Å²) < 4.78 is 6.89. The standard InChI is InChI=1S/C24H39NO2Si/c1-22-13-10-18(25-26-4)16-17(22)8-9-19-20(22)11-14-23(2)21(19)12-15-24(23,3)27-28(5,6)7/h10,13,16,19-21H,8-9,11-12,14-15H2,1-7H3/b25-18+/t19-,20+,21+,22+,23+,24+/m1/s1. The SMILES string of the molecule is CO/N=C1\C=C[C@@]2(C)C(=C1)CC[C@@H]1[C@@H]2CC[C@@]2(C)[C@H]1CC[C@]2(C)O[Si](C)(C)C. The van der Waals surface area contributed by atoms with Crippen molar-refractivity contribution in [1.29, 1.82) is 0 Å². The van der Waals surface area contributed by atoms with E-state index in [2.05, 4.69) is 63.8 Å². The molecule has 156 valence electrons. The Morgan fingerprint density at radius 3 is 2.43 bits per heavy atom. The number of oxime groups is 1. The monoisotopic (exact) mass is 401 g/mol. The van der Waals surface area contributed by atoms with Crippen molar-refractivity contribution in [2.24, 2.45) is 33.7 Å². The van der Waals surface area contributed by atoms with E-state index in [-0.39, 0.29) is 11.0 Å². The van der Waals surface area contributed by atoms with Crippen LogP contribution in [0.5, 0.6) is 0 Å². The van der Waals surface area contributed by atoms with E-state index in [1.165, 1.54) is 38.5 Å². The Morgan fingerprint density at radius 1 is 1.04 bits per heavy atom. The summed E-state index contributed by atoms with van der Waals surface area (Å²) in [6.07, 6.45) is 14.6. The lowest BCUT2D eigenvalue weighted by atomic mass is 9.47. The second-order valence-corrected chi connectivity index (χ2v) is 15.8. The van der Waals surface area contributed by atoms with Crippen LogP contribution in [0.25, 0.3) is 0 Å². The Bertz CT molecular complexity index is 735. The van der Waals surface area contributed by atoms with Gasteiger partial charge in [0, 0.05) is 5.41 Å². The van der Waals surface area contributed by atoms with Gasteiger partial charge in [-0.25, -0.2) is 0 Å². The van der Waals surface area contributed by atoms with Crippen molar-refractivity contribution in [3.63, 3.8) is 0 Å². The average molecular weight is 402 g/mol. The third kappa shape index (κ3) is 2.97. The number of rotatable bonds is 3. The van der Waals surface area contributed by atoms with Gasteiger partial charge in [0.05, 0.1) is 5.60 Å². The molecule has 0 heterocycles.